The van der Waals surface area contributed by atoms with Gasteiger partial charge in [0, 0.05) is 29.9 Å². The Labute approximate surface area is 193 Å². The summed E-state index contributed by atoms with van der Waals surface area (Å²) in [6.45, 7) is 5.68. The number of carbonyl (C=O) groups is 2. The number of hydrogen-bond donors (Lipinski definition) is 2. The van der Waals surface area contributed by atoms with E-state index in [9.17, 15) is 14.4 Å². The highest BCUT2D eigenvalue weighted by Gasteiger charge is 2.27. The first-order valence-corrected chi connectivity index (χ1v) is 12.3. The molecule has 1 fully saturated rings. The first-order valence-electron chi connectivity index (χ1n) is 10.6. The number of rotatable bonds is 7. The molecular weight excluding hydrogens is 448 g/mol. The number of nitrogens with one attached hydrogen (secondary N) is 2. The van der Waals surface area contributed by atoms with Crippen molar-refractivity contribution < 1.29 is 9.59 Å². The third-order valence-electron chi connectivity index (χ3n) is 5.29. The van der Waals surface area contributed by atoms with Crippen LogP contribution < -0.4 is 21.1 Å². The van der Waals surface area contributed by atoms with Gasteiger partial charge in [0.15, 0.2) is 10.8 Å². The number of carbonyl (C=O) groups excluding carboxylic acids is 2. The van der Waals surface area contributed by atoms with Gasteiger partial charge in [-0.25, -0.2) is 4.98 Å². The van der Waals surface area contributed by atoms with Crippen LogP contribution in [0.25, 0.3) is 10.3 Å². The van der Waals surface area contributed by atoms with Crippen LogP contribution in [0.3, 0.4) is 0 Å². The number of thiazole rings is 1. The smallest absolute Gasteiger partial charge is 0.273 e. The topological polar surface area (TPSA) is 109 Å². The minimum absolute atomic E-state index is 0.00562. The molecule has 11 heteroatoms. The second-order valence-corrected chi connectivity index (χ2v) is 10.1. The summed E-state index contributed by atoms with van der Waals surface area (Å²) in [5, 5.41) is 8.48. The average molecular weight is 475 g/mol. The monoisotopic (exact) mass is 474 g/mol. The molecule has 0 aliphatic carbocycles. The van der Waals surface area contributed by atoms with Crippen molar-refractivity contribution in [2.45, 2.75) is 45.8 Å². The molecule has 32 heavy (non-hydrogen) atoms. The average Bonchev–Trinajstić information content (AvgIpc) is 3.44. The zero-order chi connectivity index (χ0) is 22.7. The van der Waals surface area contributed by atoms with Crippen molar-refractivity contribution >= 4 is 50.0 Å². The molecule has 2 amide bonds. The molecule has 4 heterocycles. The van der Waals surface area contributed by atoms with E-state index < -0.39 is 0 Å². The fourth-order valence-electron chi connectivity index (χ4n) is 3.63. The van der Waals surface area contributed by atoms with Gasteiger partial charge in [-0.05, 0) is 38.1 Å². The fourth-order valence-corrected chi connectivity index (χ4v) is 5.29. The molecule has 3 aromatic heterocycles. The maximum atomic E-state index is 12.9. The van der Waals surface area contributed by atoms with Crippen LogP contribution in [0.2, 0.25) is 0 Å². The minimum Gasteiger partial charge on any atom is -0.354 e. The van der Waals surface area contributed by atoms with Crippen LogP contribution in [-0.2, 0) is 22.7 Å². The maximum absolute atomic E-state index is 12.9. The number of anilines is 1. The summed E-state index contributed by atoms with van der Waals surface area (Å²) in [5.74, 6) is -0.134. The summed E-state index contributed by atoms with van der Waals surface area (Å²) < 4.78 is 1.75. The molecule has 0 atom stereocenters. The molecule has 0 unspecified atom stereocenters. The Morgan fingerprint density at radius 3 is 2.75 bits per heavy atom. The van der Waals surface area contributed by atoms with Crippen molar-refractivity contribution in [3.63, 3.8) is 0 Å². The lowest BCUT2D eigenvalue weighted by Gasteiger charge is -2.31. The standard InChI is InChI=1S/C21H26N6O3S2/c1-13(2)24-19(29)14-5-7-26(8-6-14)21-25-18-17(32-21)20(30)27(12-23-18)11-16(28)22-10-15-4-3-9-31-15/h3-4,9,12-14H,5-8,10-11H2,1-2H3,(H,22,28)(H,24,29). The van der Waals surface area contributed by atoms with Gasteiger partial charge in [-0.15, -0.1) is 11.3 Å². The van der Waals surface area contributed by atoms with Gasteiger partial charge in [0.05, 0.1) is 6.54 Å². The lowest BCUT2D eigenvalue weighted by atomic mass is 9.96. The zero-order valence-electron chi connectivity index (χ0n) is 18.0. The Morgan fingerprint density at radius 1 is 1.28 bits per heavy atom. The number of hydrogen-bond acceptors (Lipinski definition) is 8. The van der Waals surface area contributed by atoms with Crippen molar-refractivity contribution in [1.82, 2.24) is 25.2 Å². The number of thiophene rings is 1. The molecule has 9 nitrogen and oxygen atoms in total. The highest BCUT2D eigenvalue weighted by molar-refractivity contribution is 7.22. The van der Waals surface area contributed by atoms with E-state index in [-0.39, 0.29) is 35.9 Å². The van der Waals surface area contributed by atoms with Crippen LogP contribution in [-0.4, -0.2) is 45.5 Å². The van der Waals surface area contributed by atoms with Crippen LogP contribution in [0, 0.1) is 5.92 Å². The molecule has 0 spiro atoms. The molecule has 1 aliphatic heterocycles. The number of amides is 2. The Balaban J connectivity index is 1.40. The molecule has 0 saturated carbocycles. The van der Waals surface area contributed by atoms with Gasteiger partial charge in [-0.1, -0.05) is 17.4 Å². The SMILES string of the molecule is CC(C)NC(=O)C1CCN(c2nc3ncn(CC(=O)NCc4cccs4)c(=O)c3s2)CC1. The molecule has 2 N–H and O–H groups in total. The summed E-state index contributed by atoms with van der Waals surface area (Å²) in [7, 11) is 0. The van der Waals surface area contributed by atoms with Crippen LogP contribution in [0.5, 0.6) is 0 Å². The molecule has 1 aliphatic rings. The van der Waals surface area contributed by atoms with Crippen LogP contribution in [0.15, 0.2) is 28.6 Å². The van der Waals surface area contributed by atoms with Crippen molar-refractivity contribution in [3.05, 3.63) is 39.1 Å². The van der Waals surface area contributed by atoms with E-state index >= 15 is 0 Å². The zero-order valence-corrected chi connectivity index (χ0v) is 19.7. The van der Waals surface area contributed by atoms with E-state index in [1.54, 1.807) is 11.3 Å². The Kier molecular flexibility index (Phi) is 6.85. The van der Waals surface area contributed by atoms with Crippen LogP contribution >= 0.6 is 22.7 Å². The summed E-state index contributed by atoms with van der Waals surface area (Å²) in [6, 6.07) is 4.01. The predicted molar refractivity (Wildman–Crippen MR) is 126 cm³/mol. The molecule has 0 radical (unpaired) electrons. The highest BCUT2D eigenvalue weighted by Crippen LogP contribution is 2.29. The fraction of sp³-hybridized carbons (Fsp3) is 0.476. The van der Waals surface area contributed by atoms with Crippen molar-refractivity contribution in [1.29, 1.82) is 0 Å². The van der Waals surface area contributed by atoms with E-state index in [2.05, 4.69) is 25.5 Å². The first-order chi connectivity index (χ1) is 15.4. The molecule has 170 valence electrons. The summed E-state index contributed by atoms with van der Waals surface area (Å²) in [5.41, 5.74) is 0.126. The van der Waals surface area contributed by atoms with E-state index in [4.69, 9.17) is 0 Å². The quantitative estimate of drug-likeness (QED) is 0.542. The second kappa shape index (κ2) is 9.78. The molecule has 1 saturated heterocycles. The van der Waals surface area contributed by atoms with Crippen LogP contribution in [0.1, 0.15) is 31.6 Å². The number of piperidine rings is 1. The maximum Gasteiger partial charge on any atom is 0.273 e. The summed E-state index contributed by atoms with van der Waals surface area (Å²) in [6.07, 6.45) is 2.87. The largest absolute Gasteiger partial charge is 0.354 e. The number of fused-ring (bicyclic) bond motifs is 1. The third kappa shape index (κ3) is 5.16. The van der Waals surface area contributed by atoms with Gasteiger partial charge < -0.3 is 15.5 Å². The lowest BCUT2D eigenvalue weighted by Crippen LogP contribution is -2.42. The van der Waals surface area contributed by atoms with Gasteiger partial charge in [0.2, 0.25) is 11.8 Å². The van der Waals surface area contributed by atoms with Crippen molar-refractivity contribution in [3.8, 4) is 0 Å². The summed E-state index contributed by atoms with van der Waals surface area (Å²) >= 11 is 2.86. The van der Waals surface area contributed by atoms with Crippen molar-refractivity contribution in [2.24, 2.45) is 5.92 Å². The lowest BCUT2D eigenvalue weighted by molar-refractivity contribution is -0.126. The van der Waals surface area contributed by atoms with E-state index in [1.165, 1.54) is 22.2 Å². The molecule has 0 aromatic carbocycles. The van der Waals surface area contributed by atoms with Gasteiger partial charge in [-0.2, -0.15) is 4.98 Å². The minimum atomic E-state index is -0.267. The Morgan fingerprint density at radius 2 is 2.06 bits per heavy atom. The van der Waals surface area contributed by atoms with Gasteiger partial charge in [-0.3, -0.25) is 19.0 Å². The van der Waals surface area contributed by atoms with Gasteiger partial charge >= 0.3 is 0 Å². The molecule has 0 bridgehead atoms. The first kappa shape index (κ1) is 22.4. The molecule has 4 rings (SSSR count). The third-order valence-corrected chi connectivity index (χ3v) is 7.26. The Bertz CT molecular complexity index is 1150. The van der Waals surface area contributed by atoms with Crippen LogP contribution in [0.4, 0.5) is 5.13 Å². The number of aromatic nitrogens is 3. The second-order valence-electron chi connectivity index (χ2n) is 8.11. The van der Waals surface area contributed by atoms with Crippen molar-refractivity contribution in [2.75, 3.05) is 18.0 Å². The van der Waals surface area contributed by atoms with E-state index in [0.29, 0.717) is 30.0 Å². The Hall–Kier alpha value is -2.79. The molecule has 3 aromatic rings. The predicted octanol–water partition coefficient (Wildman–Crippen LogP) is 1.97. The molecular formula is C21H26N6O3S2. The number of nitrogens with zero attached hydrogens (tertiary/aromatic N) is 4. The van der Waals surface area contributed by atoms with E-state index in [0.717, 1.165) is 22.9 Å². The van der Waals surface area contributed by atoms with E-state index in [1.807, 2.05) is 31.4 Å². The normalized spacial score (nSPS) is 14.8. The highest BCUT2D eigenvalue weighted by atomic mass is 32.1. The van der Waals surface area contributed by atoms with Gasteiger partial charge in [0.25, 0.3) is 5.56 Å². The van der Waals surface area contributed by atoms with Gasteiger partial charge in [0.1, 0.15) is 17.6 Å². The summed E-state index contributed by atoms with van der Waals surface area (Å²) in [4.78, 5) is 49.4.